The van der Waals surface area contributed by atoms with E-state index in [0.717, 1.165) is 53.1 Å². The standard InChI is InChI=1S/C22H24N2O3S/c1-3-24(13-19-14-26-20-9-4-5-10-21(20)27-19)12-17-15-28-22(23-17)16-7-6-8-18(11-16)25-2/h4-11,15,19H,3,12-14H2,1-2H3. The van der Waals surface area contributed by atoms with Crippen molar-refractivity contribution in [1.82, 2.24) is 9.88 Å². The van der Waals surface area contributed by atoms with Gasteiger partial charge in [0.2, 0.25) is 0 Å². The van der Waals surface area contributed by atoms with Crippen LogP contribution in [0.3, 0.4) is 0 Å². The lowest BCUT2D eigenvalue weighted by atomic mass is 10.2. The van der Waals surface area contributed by atoms with Crippen LogP contribution in [0.25, 0.3) is 10.6 Å². The van der Waals surface area contributed by atoms with E-state index in [0.29, 0.717) is 6.61 Å². The van der Waals surface area contributed by atoms with Crippen LogP contribution in [0.5, 0.6) is 17.2 Å². The van der Waals surface area contributed by atoms with Gasteiger partial charge in [0.1, 0.15) is 23.5 Å². The van der Waals surface area contributed by atoms with Crippen LogP contribution < -0.4 is 14.2 Å². The molecule has 2 aromatic carbocycles. The van der Waals surface area contributed by atoms with E-state index >= 15 is 0 Å². The van der Waals surface area contributed by atoms with Gasteiger partial charge in [-0.05, 0) is 30.8 Å². The number of aromatic nitrogens is 1. The van der Waals surface area contributed by atoms with Crippen molar-refractivity contribution in [3.63, 3.8) is 0 Å². The number of ether oxygens (including phenoxy) is 3. The molecule has 1 unspecified atom stereocenters. The highest BCUT2D eigenvalue weighted by Crippen LogP contribution is 2.31. The van der Waals surface area contributed by atoms with Crippen LogP contribution in [0, 0.1) is 0 Å². The summed E-state index contributed by atoms with van der Waals surface area (Å²) in [5.74, 6) is 2.49. The number of nitrogens with zero attached hydrogens (tertiary/aromatic N) is 2. The van der Waals surface area contributed by atoms with Gasteiger partial charge in [0.15, 0.2) is 11.5 Å². The van der Waals surface area contributed by atoms with Gasteiger partial charge in [0, 0.05) is 24.0 Å². The summed E-state index contributed by atoms with van der Waals surface area (Å²) in [6, 6.07) is 15.9. The Bertz CT molecular complexity index is 927. The number of thiazole rings is 1. The first-order chi connectivity index (χ1) is 13.7. The quantitative estimate of drug-likeness (QED) is 0.589. The van der Waals surface area contributed by atoms with Crippen LogP contribution in [0.2, 0.25) is 0 Å². The number of hydrogen-bond acceptors (Lipinski definition) is 6. The van der Waals surface area contributed by atoms with Crippen molar-refractivity contribution < 1.29 is 14.2 Å². The first-order valence-corrected chi connectivity index (χ1v) is 10.3. The van der Waals surface area contributed by atoms with Gasteiger partial charge in [-0.1, -0.05) is 31.2 Å². The van der Waals surface area contributed by atoms with E-state index in [2.05, 4.69) is 23.3 Å². The number of fused-ring (bicyclic) bond motifs is 1. The van der Waals surface area contributed by atoms with Gasteiger partial charge in [-0.25, -0.2) is 4.98 Å². The minimum atomic E-state index is 0.0198. The predicted molar refractivity (Wildman–Crippen MR) is 111 cm³/mol. The van der Waals surface area contributed by atoms with Gasteiger partial charge in [-0.3, -0.25) is 4.90 Å². The van der Waals surface area contributed by atoms with Crippen LogP contribution in [0.4, 0.5) is 0 Å². The fraction of sp³-hybridized carbons (Fsp3) is 0.318. The summed E-state index contributed by atoms with van der Waals surface area (Å²) < 4.78 is 17.3. The molecule has 0 fully saturated rings. The molecule has 1 aliphatic heterocycles. The molecule has 1 aliphatic rings. The zero-order chi connectivity index (χ0) is 19.3. The van der Waals surface area contributed by atoms with Gasteiger partial charge in [0.25, 0.3) is 0 Å². The largest absolute Gasteiger partial charge is 0.497 e. The van der Waals surface area contributed by atoms with Gasteiger partial charge in [-0.2, -0.15) is 0 Å². The molecule has 0 amide bonds. The lowest BCUT2D eigenvalue weighted by Gasteiger charge is -2.30. The molecule has 0 saturated carbocycles. The third-order valence-corrected chi connectivity index (χ3v) is 5.67. The zero-order valence-corrected chi connectivity index (χ0v) is 16.9. The van der Waals surface area contributed by atoms with E-state index in [1.165, 1.54) is 0 Å². The monoisotopic (exact) mass is 396 g/mol. The Balaban J connectivity index is 1.40. The zero-order valence-electron chi connectivity index (χ0n) is 16.1. The van der Waals surface area contributed by atoms with Crippen molar-refractivity contribution in [2.45, 2.75) is 19.6 Å². The smallest absolute Gasteiger partial charge is 0.161 e. The summed E-state index contributed by atoms with van der Waals surface area (Å²) in [7, 11) is 1.68. The number of benzene rings is 2. The fourth-order valence-electron chi connectivity index (χ4n) is 3.24. The number of rotatable bonds is 7. The van der Waals surface area contributed by atoms with Crippen LogP contribution >= 0.6 is 11.3 Å². The molecule has 0 saturated heterocycles. The van der Waals surface area contributed by atoms with E-state index in [9.17, 15) is 0 Å². The highest BCUT2D eigenvalue weighted by molar-refractivity contribution is 7.13. The highest BCUT2D eigenvalue weighted by atomic mass is 32.1. The molecular formula is C22H24N2O3S. The van der Waals surface area contributed by atoms with E-state index < -0.39 is 0 Å². The minimum absolute atomic E-state index is 0.0198. The molecule has 146 valence electrons. The molecule has 6 heteroatoms. The van der Waals surface area contributed by atoms with Crippen LogP contribution in [0.1, 0.15) is 12.6 Å². The summed E-state index contributed by atoms with van der Waals surface area (Å²) in [6.45, 7) is 5.25. The Morgan fingerprint density at radius 2 is 2.04 bits per heavy atom. The maximum absolute atomic E-state index is 6.10. The molecule has 0 bridgehead atoms. The second-order valence-corrected chi connectivity index (χ2v) is 7.56. The molecule has 1 aromatic heterocycles. The number of likely N-dealkylation sites (N-methyl/N-ethyl adjacent to an activating group) is 1. The summed E-state index contributed by atoms with van der Waals surface area (Å²) in [5.41, 5.74) is 2.15. The van der Waals surface area contributed by atoms with Gasteiger partial charge in [0.05, 0.1) is 12.8 Å². The van der Waals surface area contributed by atoms with E-state index in [1.54, 1.807) is 18.4 Å². The van der Waals surface area contributed by atoms with E-state index in [1.807, 2.05) is 42.5 Å². The SMILES string of the molecule is CCN(Cc1csc(-c2cccc(OC)c2)n1)CC1COc2ccccc2O1. The van der Waals surface area contributed by atoms with Crippen molar-refractivity contribution in [1.29, 1.82) is 0 Å². The maximum atomic E-state index is 6.10. The Labute approximate surface area is 169 Å². The van der Waals surface area contributed by atoms with Gasteiger partial charge in [-0.15, -0.1) is 11.3 Å². The third-order valence-electron chi connectivity index (χ3n) is 4.73. The summed E-state index contributed by atoms with van der Waals surface area (Å²) >= 11 is 1.66. The Morgan fingerprint density at radius 1 is 1.18 bits per heavy atom. The molecule has 2 heterocycles. The molecule has 3 aromatic rings. The molecule has 0 aliphatic carbocycles. The van der Waals surface area contributed by atoms with Crippen molar-refractivity contribution in [2.75, 3.05) is 26.8 Å². The predicted octanol–water partition coefficient (Wildman–Crippen LogP) is 4.48. The van der Waals surface area contributed by atoms with Gasteiger partial charge < -0.3 is 14.2 Å². The van der Waals surface area contributed by atoms with Crippen molar-refractivity contribution in [2.24, 2.45) is 0 Å². The fourth-order valence-corrected chi connectivity index (χ4v) is 4.05. The number of methoxy groups -OCH3 is 1. The third kappa shape index (κ3) is 4.29. The maximum Gasteiger partial charge on any atom is 0.161 e. The Morgan fingerprint density at radius 3 is 2.86 bits per heavy atom. The Hall–Kier alpha value is -2.57. The molecular weight excluding hydrogens is 372 g/mol. The molecule has 0 N–H and O–H groups in total. The van der Waals surface area contributed by atoms with Crippen LogP contribution in [-0.2, 0) is 6.54 Å². The van der Waals surface area contributed by atoms with E-state index in [-0.39, 0.29) is 6.10 Å². The van der Waals surface area contributed by atoms with E-state index in [4.69, 9.17) is 19.2 Å². The average Bonchev–Trinajstić information content (AvgIpc) is 3.22. The second-order valence-electron chi connectivity index (χ2n) is 6.70. The number of para-hydroxylation sites is 2. The minimum Gasteiger partial charge on any atom is -0.497 e. The number of hydrogen-bond donors (Lipinski definition) is 0. The molecule has 1 atom stereocenters. The lowest BCUT2D eigenvalue weighted by Crippen LogP contribution is -2.40. The summed E-state index contributed by atoms with van der Waals surface area (Å²) in [4.78, 5) is 7.16. The first-order valence-electron chi connectivity index (χ1n) is 9.45. The van der Waals surface area contributed by atoms with Crippen LogP contribution in [-0.4, -0.2) is 42.8 Å². The van der Waals surface area contributed by atoms with Gasteiger partial charge >= 0.3 is 0 Å². The molecule has 28 heavy (non-hydrogen) atoms. The second kappa shape index (κ2) is 8.63. The van der Waals surface area contributed by atoms with Crippen LogP contribution in [0.15, 0.2) is 53.9 Å². The average molecular weight is 397 g/mol. The van der Waals surface area contributed by atoms with Crippen molar-refractivity contribution in [3.05, 3.63) is 59.6 Å². The topological polar surface area (TPSA) is 43.8 Å². The molecule has 5 nitrogen and oxygen atoms in total. The molecule has 4 rings (SSSR count). The summed E-state index contributed by atoms with van der Waals surface area (Å²) in [5, 5.41) is 3.14. The van der Waals surface area contributed by atoms with Crippen molar-refractivity contribution >= 4 is 11.3 Å². The first kappa shape index (κ1) is 18.8. The lowest BCUT2D eigenvalue weighted by molar-refractivity contribution is 0.0577. The normalized spacial score (nSPS) is 15.6. The highest BCUT2D eigenvalue weighted by Gasteiger charge is 2.23. The van der Waals surface area contributed by atoms with Crippen molar-refractivity contribution in [3.8, 4) is 27.8 Å². The molecule has 0 radical (unpaired) electrons. The molecule has 0 spiro atoms. The Kier molecular flexibility index (Phi) is 5.78. The summed E-state index contributed by atoms with van der Waals surface area (Å²) in [6.07, 6.45) is 0.0198.